The molecule has 7 N–H and O–H groups in total. The van der Waals surface area contributed by atoms with E-state index >= 15 is 0 Å². The van der Waals surface area contributed by atoms with Gasteiger partial charge in [0.15, 0.2) is 6.29 Å². The highest BCUT2D eigenvalue weighted by molar-refractivity contribution is 4.91. The molecule has 15 heavy (non-hydrogen) atoms. The first-order valence-electron chi connectivity index (χ1n) is 4.81. The normalized spacial score (nSPS) is 41.8. The van der Waals surface area contributed by atoms with Crippen molar-refractivity contribution in [3.05, 3.63) is 0 Å². The fourth-order valence-corrected chi connectivity index (χ4v) is 1.44. The average molecular weight is 222 g/mol. The molecule has 7 heteroatoms. The van der Waals surface area contributed by atoms with Gasteiger partial charge in [0, 0.05) is 6.54 Å². The quantitative estimate of drug-likeness (QED) is 0.337. The van der Waals surface area contributed by atoms with Gasteiger partial charge in [0.2, 0.25) is 0 Å². The topological polar surface area (TPSA) is 131 Å². The predicted octanol–water partition coefficient (Wildman–Crippen LogP) is -3.27. The molecule has 0 spiro atoms. The Labute approximate surface area is 87.6 Å². The molecule has 1 rings (SSSR count). The molecule has 7 nitrogen and oxygen atoms in total. The summed E-state index contributed by atoms with van der Waals surface area (Å²) in [6.07, 6.45) is -4.13. The van der Waals surface area contributed by atoms with Gasteiger partial charge in [0.25, 0.3) is 0 Å². The molecule has 1 aliphatic heterocycles. The Balaban J connectivity index is 2.57. The van der Waals surface area contributed by atoms with E-state index in [1.165, 1.54) is 0 Å². The van der Waals surface area contributed by atoms with Crippen LogP contribution in [0.4, 0.5) is 0 Å². The lowest BCUT2D eigenvalue weighted by atomic mass is 9.98. The summed E-state index contributed by atoms with van der Waals surface area (Å²) in [6, 6.07) is -0.852. The third kappa shape index (κ3) is 2.85. The van der Waals surface area contributed by atoms with Gasteiger partial charge in [-0.05, 0) is 0 Å². The lowest BCUT2D eigenvalue weighted by molar-refractivity contribution is -0.264. The highest BCUT2D eigenvalue weighted by atomic mass is 16.7. The predicted molar refractivity (Wildman–Crippen MR) is 50.7 cm³/mol. The fraction of sp³-hybridized carbons (Fsp3) is 1.00. The number of aliphatic hydroxyl groups excluding tert-OH is 3. The molecule has 0 aromatic carbocycles. The van der Waals surface area contributed by atoms with Crippen LogP contribution < -0.4 is 11.5 Å². The highest BCUT2D eigenvalue weighted by Crippen LogP contribution is 2.20. The smallest absolute Gasteiger partial charge is 0.175 e. The minimum atomic E-state index is -1.21. The number of ether oxygens (including phenoxy) is 2. The van der Waals surface area contributed by atoms with Crippen LogP contribution in [0.1, 0.15) is 0 Å². The van der Waals surface area contributed by atoms with E-state index in [-0.39, 0.29) is 6.61 Å². The molecule has 0 bridgehead atoms. The number of nitrogens with two attached hydrogens (primary N) is 2. The SMILES string of the molecule is NCCOC1O[C@H](CO)[C@@H](O)[C@H](O)[C@H]1N. The van der Waals surface area contributed by atoms with Crippen LogP contribution in [0.25, 0.3) is 0 Å². The van der Waals surface area contributed by atoms with Gasteiger partial charge in [-0.15, -0.1) is 0 Å². The van der Waals surface area contributed by atoms with Crippen LogP contribution >= 0.6 is 0 Å². The maximum absolute atomic E-state index is 9.54. The zero-order valence-electron chi connectivity index (χ0n) is 8.32. The minimum Gasteiger partial charge on any atom is -0.394 e. The Kier molecular flexibility index (Phi) is 4.87. The summed E-state index contributed by atoms with van der Waals surface area (Å²) >= 11 is 0. The van der Waals surface area contributed by atoms with Crippen molar-refractivity contribution in [3.63, 3.8) is 0 Å². The third-order valence-electron chi connectivity index (χ3n) is 2.33. The van der Waals surface area contributed by atoms with Gasteiger partial charge in [0.1, 0.15) is 18.3 Å². The fourth-order valence-electron chi connectivity index (χ4n) is 1.44. The van der Waals surface area contributed by atoms with Crippen molar-refractivity contribution in [2.75, 3.05) is 19.8 Å². The molecule has 5 atom stereocenters. The molecular formula is C8H18N2O5. The lowest BCUT2D eigenvalue weighted by Crippen LogP contribution is -2.62. The van der Waals surface area contributed by atoms with E-state index in [1.807, 2.05) is 0 Å². The molecule has 90 valence electrons. The number of rotatable bonds is 4. The van der Waals surface area contributed by atoms with Crippen molar-refractivity contribution in [1.82, 2.24) is 0 Å². The largest absolute Gasteiger partial charge is 0.394 e. The zero-order valence-corrected chi connectivity index (χ0v) is 8.32. The molecule has 1 saturated heterocycles. The second kappa shape index (κ2) is 5.71. The van der Waals surface area contributed by atoms with Crippen LogP contribution in [0.2, 0.25) is 0 Å². The highest BCUT2D eigenvalue weighted by Gasteiger charge is 2.42. The number of hydrogen-bond acceptors (Lipinski definition) is 7. The Hall–Kier alpha value is -0.280. The Morgan fingerprint density at radius 1 is 1.27 bits per heavy atom. The van der Waals surface area contributed by atoms with Crippen molar-refractivity contribution in [3.8, 4) is 0 Å². The molecule has 1 fully saturated rings. The maximum Gasteiger partial charge on any atom is 0.175 e. The summed E-state index contributed by atoms with van der Waals surface area (Å²) in [5.41, 5.74) is 10.8. The average Bonchev–Trinajstić information content (AvgIpc) is 2.25. The molecule has 1 unspecified atom stereocenters. The van der Waals surface area contributed by atoms with Gasteiger partial charge in [0.05, 0.1) is 19.3 Å². The first-order chi connectivity index (χ1) is 7.11. The second-order valence-corrected chi connectivity index (χ2v) is 3.44. The van der Waals surface area contributed by atoms with Crippen LogP contribution in [0.3, 0.4) is 0 Å². The monoisotopic (exact) mass is 222 g/mol. The second-order valence-electron chi connectivity index (χ2n) is 3.44. The molecule has 1 heterocycles. The third-order valence-corrected chi connectivity index (χ3v) is 2.33. The molecule has 0 aromatic heterocycles. The van der Waals surface area contributed by atoms with Crippen molar-refractivity contribution < 1.29 is 24.8 Å². The summed E-state index contributed by atoms with van der Waals surface area (Å²) in [4.78, 5) is 0. The summed E-state index contributed by atoms with van der Waals surface area (Å²) in [6.45, 7) is 0.127. The molecule has 0 aromatic rings. The van der Waals surface area contributed by atoms with Crippen LogP contribution in [-0.4, -0.2) is 65.7 Å². The molecule has 1 aliphatic rings. The lowest BCUT2D eigenvalue weighted by Gasteiger charge is -2.40. The molecule has 0 amide bonds. The van der Waals surface area contributed by atoms with Crippen LogP contribution in [0.5, 0.6) is 0 Å². The van der Waals surface area contributed by atoms with Gasteiger partial charge in [-0.1, -0.05) is 0 Å². The minimum absolute atomic E-state index is 0.235. The van der Waals surface area contributed by atoms with Crippen LogP contribution in [-0.2, 0) is 9.47 Å². The van der Waals surface area contributed by atoms with Gasteiger partial charge in [-0.25, -0.2) is 0 Å². The summed E-state index contributed by atoms with van der Waals surface area (Å²) < 4.78 is 10.3. The first kappa shape index (κ1) is 12.8. The van der Waals surface area contributed by atoms with Gasteiger partial charge < -0.3 is 36.3 Å². The molecule has 0 saturated carbocycles. The summed E-state index contributed by atoms with van der Waals surface area (Å²) in [5, 5.41) is 27.9. The van der Waals surface area contributed by atoms with E-state index < -0.39 is 37.3 Å². The molecular weight excluding hydrogens is 204 g/mol. The van der Waals surface area contributed by atoms with Gasteiger partial charge >= 0.3 is 0 Å². The van der Waals surface area contributed by atoms with Crippen molar-refractivity contribution in [2.24, 2.45) is 11.5 Å². The van der Waals surface area contributed by atoms with E-state index in [4.69, 9.17) is 26.0 Å². The van der Waals surface area contributed by atoms with Crippen LogP contribution in [0.15, 0.2) is 0 Å². The van der Waals surface area contributed by atoms with E-state index in [9.17, 15) is 10.2 Å². The van der Waals surface area contributed by atoms with E-state index in [2.05, 4.69) is 0 Å². The van der Waals surface area contributed by atoms with Crippen molar-refractivity contribution in [2.45, 2.75) is 30.6 Å². The van der Waals surface area contributed by atoms with Crippen molar-refractivity contribution >= 4 is 0 Å². The number of aliphatic hydroxyl groups is 3. The van der Waals surface area contributed by atoms with Crippen LogP contribution in [0, 0.1) is 0 Å². The van der Waals surface area contributed by atoms with E-state index in [0.29, 0.717) is 6.54 Å². The Morgan fingerprint density at radius 2 is 1.93 bits per heavy atom. The number of hydrogen-bond donors (Lipinski definition) is 5. The maximum atomic E-state index is 9.54. The molecule has 0 aliphatic carbocycles. The van der Waals surface area contributed by atoms with E-state index in [0.717, 1.165) is 0 Å². The first-order valence-corrected chi connectivity index (χ1v) is 4.81. The van der Waals surface area contributed by atoms with Crippen molar-refractivity contribution in [1.29, 1.82) is 0 Å². The van der Waals surface area contributed by atoms with Gasteiger partial charge in [-0.2, -0.15) is 0 Å². The van der Waals surface area contributed by atoms with Gasteiger partial charge in [-0.3, -0.25) is 0 Å². The molecule has 0 radical (unpaired) electrons. The summed E-state index contributed by atoms with van der Waals surface area (Å²) in [5.74, 6) is 0. The standard InChI is InChI=1S/C8H18N2O5/c9-1-2-14-8-5(10)7(13)6(12)4(3-11)15-8/h4-8,11-13H,1-3,9-10H2/t4-,5-,6-,7-,8?/m1/s1. The van der Waals surface area contributed by atoms with E-state index in [1.54, 1.807) is 0 Å². The Bertz CT molecular complexity index is 192. The summed E-state index contributed by atoms with van der Waals surface area (Å²) in [7, 11) is 0. The Morgan fingerprint density at radius 3 is 2.47 bits per heavy atom. The zero-order chi connectivity index (χ0) is 11.4.